The van der Waals surface area contributed by atoms with E-state index in [9.17, 15) is 15.0 Å². The third kappa shape index (κ3) is 4.61. The Labute approximate surface area is 164 Å². The first-order chi connectivity index (χ1) is 12.0. The molecule has 3 atom stereocenters. The molecule has 0 bridgehead atoms. The van der Waals surface area contributed by atoms with E-state index in [1.165, 1.54) is 4.90 Å². The van der Waals surface area contributed by atoms with Crippen molar-refractivity contribution >= 4 is 29.3 Å². The number of aliphatic hydroxyl groups is 1. The van der Waals surface area contributed by atoms with E-state index in [-0.39, 0.29) is 25.0 Å². The number of ether oxygens (including phenoxy) is 1. The molecule has 8 heteroatoms. The lowest BCUT2D eigenvalue weighted by atomic mass is 9.88. The molecule has 26 heavy (non-hydrogen) atoms. The number of likely N-dealkylation sites (N-methyl/N-ethyl adjacent to an activating group) is 1. The van der Waals surface area contributed by atoms with Gasteiger partial charge in [0, 0.05) is 6.54 Å². The van der Waals surface area contributed by atoms with Crippen LogP contribution < -0.4 is 5.32 Å². The number of amides is 1. The van der Waals surface area contributed by atoms with E-state index in [0.717, 1.165) is 0 Å². The number of nitrogens with zero attached hydrogens (tertiary/aromatic N) is 1. The highest BCUT2D eigenvalue weighted by Gasteiger charge is 2.47. The van der Waals surface area contributed by atoms with Crippen LogP contribution in [0.15, 0.2) is 18.2 Å². The van der Waals surface area contributed by atoms with Gasteiger partial charge in [-0.15, -0.1) is 0 Å². The molecule has 6 nitrogen and oxygen atoms in total. The van der Waals surface area contributed by atoms with Crippen molar-refractivity contribution in [3.05, 3.63) is 33.8 Å². The Morgan fingerprint density at radius 3 is 2.54 bits per heavy atom. The van der Waals surface area contributed by atoms with Crippen LogP contribution in [-0.4, -0.2) is 59.6 Å². The molecule has 1 heterocycles. The average Bonchev–Trinajstić information content (AvgIpc) is 2.67. The van der Waals surface area contributed by atoms with Gasteiger partial charge in [0.25, 0.3) is 0 Å². The second kappa shape index (κ2) is 7.90. The molecular weight excluding hydrogens is 379 g/mol. The first kappa shape index (κ1) is 21.3. The number of β-amino-alcohol motifs (C(OH)–C–C–N with tert-alkyl or cyclic N) is 1. The fourth-order valence-corrected chi connectivity index (χ4v) is 3.46. The van der Waals surface area contributed by atoms with Gasteiger partial charge in [-0.3, -0.25) is 0 Å². The summed E-state index contributed by atoms with van der Waals surface area (Å²) < 4.78 is 6.31. The Morgan fingerprint density at radius 2 is 2.04 bits per heavy atom. The topological polar surface area (TPSA) is 82.0 Å². The van der Waals surface area contributed by atoms with Crippen molar-refractivity contribution in [2.45, 2.75) is 38.6 Å². The van der Waals surface area contributed by atoms with Gasteiger partial charge in [-0.25, -0.2) is 4.79 Å². The summed E-state index contributed by atoms with van der Waals surface area (Å²) >= 11 is 12.2. The Bertz CT molecular complexity index is 665. The monoisotopic (exact) mass is 404 g/mol. The summed E-state index contributed by atoms with van der Waals surface area (Å²) in [7, 11) is 1.70. The molecule has 0 radical (unpaired) electrons. The highest BCUT2D eigenvalue weighted by molar-refractivity contribution is 6.42. The van der Waals surface area contributed by atoms with Crippen LogP contribution in [0.5, 0.6) is 0 Å². The number of carbonyl (C=O) groups is 1. The van der Waals surface area contributed by atoms with Crippen molar-refractivity contribution in [1.82, 2.24) is 10.2 Å². The van der Waals surface area contributed by atoms with Crippen molar-refractivity contribution in [1.29, 1.82) is 0 Å². The number of carboxylic acid groups (broad SMARTS) is 1. The maximum atomic E-state index is 11.7. The maximum absolute atomic E-state index is 11.7. The van der Waals surface area contributed by atoms with E-state index in [1.807, 2.05) is 20.8 Å². The van der Waals surface area contributed by atoms with Gasteiger partial charge >= 0.3 is 6.09 Å². The van der Waals surface area contributed by atoms with Gasteiger partial charge in [-0.2, -0.15) is 0 Å². The molecule has 1 unspecified atom stereocenters. The molecule has 0 aromatic heterocycles. The van der Waals surface area contributed by atoms with Crippen molar-refractivity contribution in [2.75, 3.05) is 26.7 Å². The molecule has 1 aromatic carbocycles. The van der Waals surface area contributed by atoms with Crippen LogP contribution >= 0.6 is 23.2 Å². The Morgan fingerprint density at radius 1 is 1.38 bits per heavy atom. The zero-order valence-electron chi connectivity index (χ0n) is 15.4. The summed E-state index contributed by atoms with van der Waals surface area (Å²) in [5.74, 6) is 0. The fraction of sp³-hybridized carbons (Fsp3) is 0.611. The van der Waals surface area contributed by atoms with E-state index in [1.54, 1.807) is 25.2 Å². The Kier molecular flexibility index (Phi) is 6.46. The van der Waals surface area contributed by atoms with Crippen molar-refractivity contribution < 1.29 is 19.7 Å². The standard InChI is InChI=1S/C18H26Cl2N2O4/c1-17(2,3)14-8-22(16(23)24)10-18(25,9-21-4)15(26-14)11-5-6-12(19)13(20)7-11/h5-7,14-15,21,25H,8-10H2,1-4H3,(H,23,24)/t14?,15-,18-/m1/s1. The molecular formula is C18H26Cl2N2O4. The third-order valence-corrected chi connectivity index (χ3v) is 5.34. The summed E-state index contributed by atoms with van der Waals surface area (Å²) in [6.07, 6.45) is -2.27. The number of halogens is 2. The van der Waals surface area contributed by atoms with Crippen molar-refractivity contribution in [3.8, 4) is 0 Å². The molecule has 3 N–H and O–H groups in total. The predicted molar refractivity (Wildman–Crippen MR) is 102 cm³/mol. The number of benzene rings is 1. The first-order valence-corrected chi connectivity index (χ1v) is 9.19. The predicted octanol–water partition coefficient (Wildman–Crippen LogP) is 3.41. The van der Waals surface area contributed by atoms with Crippen molar-refractivity contribution in [2.24, 2.45) is 5.41 Å². The highest BCUT2D eigenvalue weighted by atomic mass is 35.5. The maximum Gasteiger partial charge on any atom is 0.407 e. The molecule has 1 amide bonds. The zero-order valence-corrected chi connectivity index (χ0v) is 16.9. The van der Waals surface area contributed by atoms with Gasteiger partial charge in [0.05, 0.1) is 29.2 Å². The van der Waals surface area contributed by atoms with Gasteiger partial charge in [-0.05, 0) is 30.2 Å². The minimum absolute atomic E-state index is 0.0827. The molecule has 1 aliphatic heterocycles. The minimum Gasteiger partial charge on any atom is -0.465 e. The summed E-state index contributed by atoms with van der Waals surface area (Å²) in [6.45, 7) is 6.17. The van der Waals surface area contributed by atoms with Gasteiger partial charge in [0.1, 0.15) is 11.7 Å². The highest BCUT2D eigenvalue weighted by Crippen LogP contribution is 2.40. The molecule has 1 aliphatic rings. The number of hydrogen-bond acceptors (Lipinski definition) is 4. The van der Waals surface area contributed by atoms with Crippen LogP contribution in [0.4, 0.5) is 4.79 Å². The fourth-order valence-electron chi connectivity index (χ4n) is 3.15. The van der Waals surface area contributed by atoms with E-state index in [2.05, 4.69) is 5.32 Å². The van der Waals surface area contributed by atoms with Gasteiger partial charge in [0.2, 0.25) is 0 Å². The molecule has 1 saturated heterocycles. The second-order valence-electron chi connectivity index (χ2n) is 7.84. The van der Waals surface area contributed by atoms with Crippen LogP contribution in [0.3, 0.4) is 0 Å². The lowest BCUT2D eigenvalue weighted by molar-refractivity contribution is -0.139. The number of rotatable bonds is 3. The molecule has 1 fully saturated rings. The van der Waals surface area contributed by atoms with Gasteiger partial charge < -0.3 is 25.2 Å². The summed E-state index contributed by atoms with van der Waals surface area (Å²) in [5, 5.41) is 24.6. The lowest BCUT2D eigenvalue weighted by Gasteiger charge is -2.37. The molecule has 0 spiro atoms. The minimum atomic E-state index is -1.47. The quantitative estimate of drug-likeness (QED) is 0.718. The SMILES string of the molecule is CNC[C@@]1(O)CN(C(=O)O)CC(C(C)(C)C)O[C@@H]1c1ccc(Cl)c(Cl)c1. The van der Waals surface area contributed by atoms with Gasteiger partial charge in [-0.1, -0.05) is 50.0 Å². The first-order valence-electron chi connectivity index (χ1n) is 8.43. The summed E-state index contributed by atoms with van der Waals surface area (Å²) in [6, 6.07) is 5.05. The van der Waals surface area contributed by atoms with Gasteiger partial charge in [0.15, 0.2) is 0 Å². The van der Waals surface area contributed by atoms with Crippen LogP contribution in [0.2, 0.25) is 10.0 Å². The van der Waals surface area contributed by atoms with E-state index >= 15 is 0 Å². The van der Waals surface area contributed by atoms with Crippen LogP contribution in [0, 0.1) is 5.41 Å². The molecule has 2 rings (SSSR count). The molecule has 0 saturated carbocycles. The third-order valence-electron chi connectivity index (χ3n) is 4.61. The Balaban J connectivity index is 2.54. The summed E-state index contributed by atoms with van der Waals surface area (Å²) in [5.41, 5.74) is -1.14. The number of hydrogen-bond donors (Lipinski definition) is 3. The average molecular weight is 405 g/mol. The van der Waals surface area contributed by atoms with Crippen LogP contribution in [0.25, 0.3) is 0 Å². The smallest absolute Gasteiger partial charge is 0.407 e. The largest absolute Gasteiger partial charge is 0.465 e. The van der Waals surface area contributed by atoms with Crippen molar-refractivity contribution in [3.63, 3.8) is 0 Å². The second-order valence-corrected chi connectivity index (χ2v) is 8.66. The number of nitrogens with one attached hydrogen (secondary N) is 1. The summed E-state index contributed by atoms with van der Waals surface area (Å²) in [4.78, 5) is 12.9. The lowest BCUT2D eigenvalue weighted by Crippen LogP contribution is -2.53. The molecule has 0 aliphatic carbocycles. The van der Waals surface area contributed by atoms with Crippen LogP contribution in [-0.2, 0) is 4.74 Å². The van der Waals surface area contributed by atoms with E-state index in [0.29, 0.717) is 15.6 Å². The van der Waals surface area contributed by atoms with E-state index < -0.39 is 23.9 Å². The Hall–Kier alpha value is -1.05. The van der Waals surface area contributed by atoms with E-state index in [4.69, 9.17) is 27.9 Å². The zero-order chi connectivity index (χ0) is 19.7. The van der Waals surface area contributed by atoms with Crippen LogP contribution in [0.1, 0.15) is 32.4 Å². The molecule has 1 aromatic rings. The normalized spacial score (nSPS) is 27.3. The molecule has 146 valence electrons.